The third-order valence-electron chi connectivity index (χ3n) is 6.87. The van der Waals surface area contributed by atoms with Crippen molar-refractivity contribution in [2.24, 2.45) is 11.8 Å². The van der Waals surface area contributed by atoms with E-state index in [2.05, 4.69) is 10.6 Å². The molecule has 1 aliphatic carbocycles. The molecule has 0 aromatic heterocycles. The van der Waals surface area contributed by atoms with Gasteiger partial charge in [-0.2, -0.15) is 0 Å². The maximum Gasteiger partial charge on any atom is 0.235 e. The lowest BCUT2D eigenvalue weighted by Crippen LogP contribution is -2.56. The summed E-state index contributed by atoms with van der Waals surface area (Å²) in [7, 11) is 0. The van der Waals surface area contributed by atoms with Gasteiger partial charge in [0.2, 0.25) is 11.8 Å². The predicted molar refractivity (Wildman–Crippen MR) is 141 cm³/mol. The number of nitrogens with one attached hydrogen (secondary N) is 2. The lowest BCUT2D eigenvalue weighted by Gasteiger charge is -2.44. The zero-order chi connectivity index (χ0) is 26.0. The molecule has 1 aliphatic rings. The summed E-state index contributed by atoms with van der Waals surface area (Å²) in [5, 5.41) is 17.6. The Balaban J connectivity index is 1.79. The molecule has 0 radical (unpaired) electrons. The molecule has 3 N–H and O–H groups in total. The van der Waals surface area contributed by atoms with Gasteiger partial charge in [-0.25, -0.2) is 0 Å². The quantitative estimate of drug-likeness (QED) is 0.412. The number of aliphatic hydroxyl groups is 1. The van der Waals surface area contributed by atoms with Crippen molar-refractivity contribution in [2.75, 3.05) is 10.6 Å². The van der Waals surface area contributed by atoms with Gasteiger partial charge < -0.3 is 15.7 Å². The van der Waals surface area contributed by atoms with E-state index in [-0.39, 0.29) is 6.42 Å². The number of anilines is 2. The van der Waals surface area contributed by atoms with E-state index in [1.165, 1.54) is 6.92 Å². The highest BCUT2D eigenvalue weighted by atomic mass is 35.5. The second-order valence-electron chi connectivity index (χ2n) is 9.64. The van der Waals surface area contributed by atoms with Gasteiger partial charge in [0.25, 0.3) is 0 Å². The number of hydrogen-bond donors (Lipinski definition) is 3. The lowest BCUT2D eigenvalue weighted by atomic mass is 9.61. The van der Waals surface area contributed by atoms with E-state index >= 15 is 0 Å². The van der Waals surface area contributed by atoms with Crippen molar-refractivity contribution < 1.29 is 19.5 Å². The SMILES string of the molecule is Cc1ccccc1NC(=O)C1C(=O)CC(C)(O)C(C(=O)Nc2ccccc2C)C1c1cccc(Cl)c1. The van der Waals surface area contributed by atoms with Gasteiger partial charge >= 0.3 is 0 Å². The third kappa shape index (κ3) is 5.20. The van der Waals surface area contributed by atoms with E-state index in [4.69, 9.17) is 11.6 Å². The van der Waals surface area contributed by atoms with Crippen LogP contribution in [-0.4, -0.2) is 28.3 Å². The molecular formula is C29H29ClN2O4. The number of carbonyl (C=O) groups excluding carboxylic acids is 3. The van der Waals surface area contributed by atoms with Crippen molar-refractivity contribution in [1.82, 2.24) is 0 Å². The number of amides is 2. The van der Waals surface area contributed by atoms with Crippen LogP contribution in [-0.2, 0) is 14.4 Å². The minimum absolute atomic E-state index is 0.332. The van der Waals surface area contributed by atoms with Crippen LogP contribution in [0, 0.1) is 25.7 Å². The summed E-state index contributed by atoms with van der Waals surface area (Å²) in [6, 6.07) is 21.3. The first kappa shape index (κ1) is 25.6. The summed E-state index contributed by atoms with van der Waals surface area (Å²) in [5.41, 5.74) is 1.72. The summed E-state index contributed by atoms with van der Waals surface area (Å²) in [5.74, 6) is -4.66. The van der Waals surface area contributed by atoms with Gasteiger partial charge in [0.1, 0.15) is 11.7 Å². The second-order valence-corrected chi connectivity index (χ2v) is 10.1. The van der Waals surface area contributed by atoms with Crippen LogP contribution in [0.1, 0.15) is 36.0 Å². The molecule has 7 heteroatoms. The summed E-state index contributed by atoms with van der Waals surface area (Å²) in [6.45, 7) is 5.20. The average molecular weight is 505 g/mol. The van der Waals surface area contributed by atoms with Crippen molar-refractivity contribution in [3.05, 3.63) is 94.5 Å². The van der Waals surface area contributed by atoms with E-state index in [1.54, 1.807) is 48.5 Å². The fraction of sp³-hybridized carbons (Fsp3) is 0.276. The lowest BCUT2D eigenvalue weighted by molar-refractivity contribution is -0.150. The molecule has 0 spiro atoms. The molecule has 0 bridgehead atoms. The molecule has 4 atom stereocenters. The van der Waals surface area contributed by atoms with Gasteiger partial charge in [0.05, 0.1) is 11.5 Å². The fourth-order valence-electron chi connectivity index (χ4n) is 5.05. The van der Waals surface area contributed by atoms with Crippen LogP contribution in [0.3, 0.4) is 0 Å². The summed E-state index contributed by atoms with van der Waals surface area (Å²) in [6.07, 6.45) is -0.332. The highest BCUT2D eigenvalue weighted by Crippen LogP contribution is 2.47. The molecular weight excluding hydrogens is 476 g/mol. The molecule has 4 unspecified atom stereocenters. The van der Waals surface area contributed by atoms with Crippen molar-refractivity contribution in [2.45, 2.75) is 38.7 Å². The maximum absolute atomic E-state index is 13.7. The molecule has 6 nitrogen and oxygen atoms in total. The number of ketones is 1. The topological polar surface area (TPSA) is 95.5 Å². The van der Waals surface area contributed by atoms with Gasteiger partial charge in [-0.15, -0.1) is 0 Å². The minimum Gasteiger partial charge on any atom is -0.389 e. The standard InChI is InChI=1S/C29H29ClN2O4/c1-17-9-4-6-13-21(17)31-27(34)25-23(33)16-29(3,36)26(24(25)19-11-8-12-20(30)15-19)28(35)32-22-14-7-5-10-18(22)2/h4-15,24-26,36H,16H2,1-3H3,(H,31,34)(H,32,35). The van der Waals surface area contributed by atoms with E-state index in [0.29, 0.717) is 22.0 Å². The zero-order valence-corrected chi connectivity index (χ0v) is 21.2. The first-order valence-electron chi connectivity index (χ1n) is 11.8. The first-order valence-corrected chi connectivity index (χ1v) is 12.2. The average Bonchev–Trinajstić information content (AvgIpc) is 2.80. The van der Waals surface area contributed by atoms with Gasteiger partial charge in [0.15, 0.2) is 0 Å². The second kappa shape index (κ2) is 10.2. The highest BCUT2D eigenvalue weighted by molar-refractivity contribution is 6.30. The van der Waals surface area contributed by atoms with Crippen molar-refractivity contribution >= 4 is 40.6 Å². The number of carbonyl (C=O) groups is 3. The third-order valence-corrected chi connectivity index (χ3v) is 7.11. The molecule has 186 valence electrons. The van der Waals surface area contributed by atoms with Crippen molar-refractivity contribution in [3.63, 3.8) is 0 Å². The number of Topliss-reactive ketones (excluding diaryl/α,β-unsaturated/α-hetero) is 1. The van der Waals surface area contributed by atoms with E-state index in [0.717, 1.165) is 11.1 Å². The number of rotatable bonds is 5. The van der Waals surface area contributed by atoms with E-state index in [9.17, 15) is 19.5 Å². The van der Waals surface area contributed by atoms with Crippen molar-refractivity contribution in [1.29, 1.82) is 0 Å². The molecule has 36 heavy (non-hydrogen) atoms. The van der Waals surface area contributed by atoms with Gasteiger partial charge in [0, 0.05) is 28.7 Å². The molecule has 0 heterocycles. The number of aryl methyl sites for hydroxylation is 2. The van der Waals surface area contributed by atoms with E-state index in [1.807, 2.05) is 38.1 Å². The molecule has 0 saturated heterocycles. The van der Waals surface area contributed by atoms with Crippen LogP contribution in [0.4, 0.5) is 11.4 Å². The number of hydrogen-bond acceptors (Lipinski definition) is 4. The molecule has 3 aromatic carbocycles. The Morgan fingerprint density at radius 3 is 2.00 bits per heavy atom. The Labute approximate surface area is 215 Å². The van der Waals surface area contributed by atoms with Crippen LogP contribution >= 0.6 is 11.6 Å². The number of halogens is 1. The molecule has 0 aliphatic heterocycles. The Morgan fingerprint density at radius 1 is 0.889 bits per heavy atom. The van der Waals surface area contributed by atoms with Crippen molar-refractivity contribution in [3.8, 4) is 0 Å². The molecule has 1 saturated carbocycles. The van der Waals surface area contributed by atoms with Crippen LogP contribution < -0.4 is 10.6 Å². The number of para-hydroxylation sites is 2. The Kier molecular flexibility index (Phi) is 7.29. The summed E-state index contributed by atoms with van der Waals surface area (Å²) >= 11 is 6.28. The predicted octanol–water partition coefficient (Wildman–Crippen LogP) is 5.27. The molecule has 1 fully saturated rings. The molecule has 3 aromatic rings. The highest BCUT2D eigenvalue weighted by Gasteiger charge is 2.56. The van der Waals surface area contributed by atoms with Crippen LogP contribution in [0.5, 0.6) is 0 Å². The first-order chi connectivity index (χ1) is 17.1. The fourth-order valence-corrected chi connectivity index (χ4v) is 5.25. The minimum atomic E-state index is -1.68. The van der Waals surface area contributed by atoms with Gasteiger partial charge in [-0.3, -0.25) is 14.4 Å². The maximum atomic E-state index is 13.7. The smallest absolute Gasteiger partial charge is 0.235 e. The van der Waals surface area contributed by atoms with Gasteiger partial charge in [-0.05, 0) is 61.7 Å². The Bertz CT molecular complexity index is 1320. The number of benzene rings is 3. The van der Waals surface area contributed by atoms with Crippen LogP contribution in [0.2, 0.25) is 5.02 Å². The largest absolute Gasteiger partial charge is 0.389 e. The molecule has 4 rings (SSSR count). The summed E-state index contributed by atoms with van der Waals surface area (Å²) in [4.78, 5) is 40.7. The molecule has 2 amide bonds. The summed E-state index contributed by atoms with van der Waals surface area (Å²) < 4.78 is 0. The Hall–Kier alpha value is -3.48. The monoisotopic (exact) mass is 504 g/mol. The van der Waals surface area contributed by atoms with Crippen LogP contribution in [0.25, 0.3) is 0 Å². The van der Waals surface area contributed by atoms with E-state index < -0.39 is 41.0 Å². The van der Waals surface area contributed by atoms with Gasteiger partial charge in [-0.1, -0.05) is 60.1 Å². The zero-order valence-electron chi connectivity index (χ0n) is 20.4. The normalized spacial score (nSPS) is 23.7. The Morgan fingerprint density at radius 2 is 1.44 bits per heavy atom. The van der Waals surface area contributed by atoms with Crippen LogP contribution in [0.15, 0.2) is 72.8 Å².